The Balaban J connectivity index is 2.09. The van der Waals surface area contributed by atoms with Crippen LogP contribution in [0.2, 0.25) is 0 Å². The summed E-state index contributed by atoms with van der Waals surface area (Å²) in [6.07, 6.45) is 1.82. The largest absolute Gasteiger partial charge is 0.473 e. The molecule has 1 heterocycles. The normalized spacial score (nSPS) is 10.5. The highest BCUT2D eigenvalue weighted by Crippen LogP contribution is 2.23. The van der Waals surface area contributed by atoms with Crippen LogP contribution in [0.15, 0.2) is 42.6 Å². The smallest absolute Gasteiger partial charge is 0.237 e. The SMILES string of the molecule is CC(C)Oc1ncccc1NCc1ccccc1N. The van der Waals surface area contributed by atoms with Gasteiger partial charge in [-0.3, -0.25) is 0 Å². The van der Waals surface area contributed by atoms with Crippen molar-refractivity contribution >= 4 is 11.4 Å². The summed E-state index contributed by atoms with van der Waals surface area (Å²) >= 11 is 0. The Bertz CT molecular complexity index is 540. The number of nitrogen functional groups attached to an aromatic ring is 1. The van der Waals surface area contributed by atoms with Gasteiger partial charge in [-0.05, 0) is 37.6 Å². The van der Waals surface area contributed by atoms with Crippen molar-refractivity contribution in [3.05, 3.63) is 48.2 Å². The first-order valence-electron chi connectivity index (χ1n) is 6.35. The summed E-state index contributed by atoms with van der Waals surface area (Å²) in [4.78, 5) is 4.24. The number of aromatic nitrogens is 1. The van der Waals surface area contributed by atoms with Crippen LogP contribution in [0.25, 0.3) is 0 Å². The summed E-state index contributed by atoms with van der Waals surface area (Å²) in [5.41, 5.74) is 8.63. The molecule has 100 valence electrons. The molecule has 3 N–H and O–H groups in total. The van der Waals surface area contributed by atoms with Crippen LogP contribution < -0.4 is 15.8 Å². The van der Waals surface area contributed by atoms with Gasteiger partial charge in [0.15, 0.2) is 0 Å². The lowest BCUT2D eigenvalue weighted by molar-refractivity contribution is 0.234. The predicted molar refractivity (Wildman–Crippen MR) is 78.2 cm³/mol. The van der Waals surface area contributed by atoms with E-state index in [2.05, 4.69) is 10.3 Å². The molecule has 0 unspecified atom stereocenters. The second-order valence-corrected chi connectivity index (χ2v) is 4.58. The quantitative estimate of drug-likeness (QED) is 0.808. The van der Waals surface area contributed by atoms with Crippen LogP contribution in [0.1, 0.15) is 19.4 Å². The Morgan fingerprint density at radius 2 is 2.00 bits per heavy atom. The molecule has 4 nitrogen and oxygen atoms in total. The number of nitrogens with two attached hydrogens (primary N) is 1. The molecule has 2 aromatic rings. The highest BCUT2D eigenvalue weighted by Gasteiger charge is 2.06. The van der Waals surface area contributed by atoms with Crippen LogP contribution in [-0.2, 0) is 6.54 Å². The Labute approximate surface area is 113 Å². The number of nitrogens with zero attached hydrogens (tertiary/aromatic N) is 1. The van der Waals surface area contributed by atoms with E-state index in [1.54, 1.807) is 6.20 Å². The molecule has 1 aromatic carbocycles. The number of rotatable bonds is 5. The Morgan fingerprint density at radius 3 is 2.74 bits per heavy atom. The molecule has 19 heavy (non-hydrogen) atoms. The first-order chi connectivity index (χ1) is 9.16. The average Bonchev–Trinajstić information content (AvgIpc) is 2.39. The third-order valence-corrected chi connectivity index (χ3v) is 2.64. The number of hydrogen-bond acceptors (Lipinski definition) is 4. The van der Waals surface area contributed by atoms with Crippen LogP contribution in [0.5, 0.6) is 5.88 Å². The zero-order chi connectivity index (χ0) is 13.7. The number of para-hydroxylation sites is 1. The Hall–Kier alpha value is -2.23. The summed E-state index contributed by atoms with van der Waals surface area (Å²) in [5, 5.41) is 3.31. The molecule has 0 atom stereocenters. The van der Waals surface area contributed by atoms with E-state index in [1.165, 1.54) is 0 Å². The lowest BCUT2D eigenvalue weighted by Gasteiger charge is -2.14. The Kier molecular flexibility index (Phi) is 4.23. The van der Waals surface area contributed by atoms with Gasteiger partial charge in [0.1, 0.15) is 0 Å². The number of ether oxygens (including phenoxy) is 1. The van der Waals surface area contributed by atoms with Gasteiger partial charge >= 0.3 is 0 Å². The third kappa shape index (κ3) is 3.61. The summed E-state index contributed by atoms with van der Waals surface area (Å²) < 4.78 is 5.66. The monoisotopic (exact) mass is 257 g/mol. The van der Waals surface area contributed by atoms with Crippen LogP contribution in [-0.4, -0.2) is 11.1 Å². The van der Waals surface area contributed by atoms with Gasteiger partial charge in [0.25, 0.3) is 0 Å². The van der Waals surface area contributed by atoms with E-state index in [-0.39, 0.29) is 6.10 Å². The van der Waals surface area contributed by atoms with Crippen LogP contribution >= 0.6 is 0 Å². The van der Waals surface area contributed by atoms with Gasteiger partial charge in [-0.15, -0.1) is 0 Å². The molecule has 0 amide bonds. The summed E-state index contributed by atoms with van der Waals surface area (Å²) in [7, 11) is 0. The lowest BCUT2D eigenvalue weighted by Crippen LogP contribution is -2.10. The number of benzene rings is 1. The highest BCUT2D eigenvalue weighted by molar-refractivity contribution is 5.54. The predicted octanol–water partition coefficient (Wildman–Crippen LogP) is 3.06. The van der Waals surface area contributed by atoms with Gasteiger partial charge in [0.05, 0.1) is 11.8 Å². The summed E-state index contributed by atoms with van der Waals surface area (Å²) in [6.45, 7) is 4.61. The molecule has 0 aliphatic rings. The zero-order valence-corrected chi connectivity index (χ0v) is 11.3. The minimum Gasteiger partial charge on any atom is -0.473 e. The minimum absolute atomic E-state index is 0.0947. The van der Waals surface area contributed by atoms with Gasteiger partial charge in [-0.25, -0.2) is 4.98 Å². The molecule has 0 aliphatic heterocycles. The van der Waals surface area contributed by atoms with Crippen LogP contribution in [0.4, 0.5) is 11.4 Å². The maximum Gasteiger partial charge on any atom is 0.237 e. The molecular weight excluding hydrogens is 238 g/mol. The van der Waals surface area contributed by atoms with Gasteiger partial charge in [0.2, 0.25) is 5.88 Å². The van der Waals surface area contributed by atoms with E-state index >= 15 is 0 Å². The van der Waals surface area contributed by atoms with E-state index in [4.69, 9.17) is 10.5 Å². The first kappa shape index (κ1) is 13.2. The van der Waals surface area contributed by atoms with E-state index < -0.39 is 0 Å². The molecule has 4 heteroatoms. The fourth-order valence-electron chi connectivity index (χ4n) is 1.73. The van der Waals surface area contributed by atoms with E-state index in [1.807, 2.05) is 50.2 Å². The van der Waals surface area contributed by atoms with Crippen molar-refractivity contribution in [2.24, 2.45) is 0 Å². The third-order valence-electron chi connectivity index (χ3n) is 2.64. The molecule has 0 aliphatic carbocycles. The lowest BCUT2D eigenvalue weighted by atomic mass is 10.2. The summed E-state index contributed by atoms with van der Waals surface area (Å²) in [5.74, 6) is 0.618. The van der Waals surface area contributed by atoms with Crippen LogP contribution in [0, 0.1) is 0 Å². The summed E-state index contributed by atoms with van der Waals surface area (Å²) in [6, 6.07) is 11.6. The van der Waals surface area contributed by atoms with Gasteiger partial charge < -0.3 is 15.8 Å². The van der Waals surface area contributed by atoms with Crippen molar-refractivity contribution in [2.45, 2.75) is 26.5 Å². The van der Waals surface area contributed by atoms with Crippen molar-refractivity contribution in [3.8, 4) is 5.88 Å². The molecule has 0 fully saturated rings. The van der Waals surface area contributed by atoms with Crippen molar-refractivity contribution in [2.75, 3.05) is 11.1 Å². The van der Waals surface area contributed by atoms with Gasteiger partial charge in [0, 0.05) is 18.4 Å². The van der Waals surface area contributed by atoms with E-state index in [0.29, 0.717) is 12.4 Å². The first-order valence-corrected chi connectivity index (χ1v) is 6.35. The van der Waals surface area contributed by atoms with Crippen molar-refractivity contribution in [1.82, 2.24) is 4.98 Å². The molecule has 0 radical (unpaired) electrons. The van der Waals surface area contributed by atoms with Gasteiger partial charge in [-0.2, -0.15) is 0 Å². The molecular formula is C15H19N3O. The minimum atomic E-state index is 0.0947. The molecule has 1 aromatic heterocycles. The second kappa shape index (κ2) is 6.09. The van der Waals surface area contributed by atoms with Crippen LogP contribution in [0.3, 0.4) is 0 Å². The molecule has 0 saturated heterocycles. The standard InChI is InChI=1S/C15H19N3O/c1-11(2)19-15-14(8-5-9-17-15)18-10-12-6-3-4-7-13(12)16/h3-9,11,18H,10,16H2,1-2H3. The number of nitrogens with one attached hydrogen (secondary N) is 1. The second-order valence-electron chi connectivity index (χ2n) is 4.58. The average molecular weight is 257 g/mol. The maximum absolute atomic E-state index is 5.92. The Morgan fingerprint density at radius 1 is 1.21 bits per heavy atom. The topological polar surface area (TPSA) is 60.2 Å². The fraction of sp³-hybridized carbons (Fsp3) is 0.267. The maximum atomic E-state index is 5.92. The molecule has 0 spiro atoms. The van der Waals surface area contributed by atoms with Crippen molar-refractivity contribution in [1.29, 1.82) is 0 Å². The number of anilines is 2. The highest BCUT2D eigenvalue weighted by atomic mass is 16.5. The van der Waals surface area contributed by atoms with Crippen molar-refractivity contribution < 1.29 is 4.74 Å². The van der Waals surface area contributed by atoms with Gasteiger partial charge in [-0.1, -0.05) is 18.2 Å². The number of hydrogen-bond donors (Lipinski definition) is 2. The molecule has 0 saturated carbocycles. The fourth-order valence-corrected chi connectivity index (χ4v) is 1.73. The number of pyridine rings is 1. The van der Waals surface area contributed by atoms with E-state index in [9.17, 15) is 0 Å². The zero-order valence-electron chi connectivity index (χ0n) is 11.3. The van der Waals surface area contributed by atoms with Crippen molar-refractivity contribution in [3.63, 3.8) is 0 Å². The molecule has 2 rings (SSSR count). The van der Waals surface area contributed by atoms with E-state index in [0.717, 1.165) is 16.9 Å². The molecule has 0 bridgehead atoms.